The van der Waals surface area contributed by atoms with E-state index in [-0.39, 0.29) is 11.7 Å². The van der Waals surface area contributed by atoms with Gasteiger partial charge in [-0.2, -0.15) is 0 Å². The second-order valence-electron chi connectivity index (χ2n) is 4.16. The summed E-state index contributed by atoms with van der Waals surface area (Å²) in [5.41, 5.74) is 0.724. The van der Waals surface area contributed by atoms with E-state index in [0.29, 0.717) is 0 Å². The van der Waals surface area contributed by atoms with Crippen LogP contribution in [-0.4, -0.2) is 12.9 Å². The molecule has 2 rings (SSSR count). The molecule has 1 aliphatic rings. The molecule has 0 saturated carbocycles. The largest absolute Gasteiger partial charge is 0.497 e. The fourth-order valence-corrected chi connectivity index (χ4v) is 1.82. The van der Waals surface area contributed by atoms with E-state index in [2.05, 4.69) is 0 Å². The van der Waals surface area contributed by atoms with Crippen LogP contribution in [0, 0.1) is 5.92 Å². The number of rotatable bonds is 4. The first kappa shape index (κ1) is 12.4. The predicted molar refractivity (Wildman–Crippen MR) is 72.3 cm³/mol. The van der Waals surface area contributed by atoms with Crippen molar-refractivity contribution < 1.29 is 9.53 Å². The Morgan fingerprint density at radius 1 is 1.33 bits per heavy atom. The third-order valence-corrected chi connectivity index (χ3v) is 2.89. The standard InChI is InChI=1S/C16H16O2/c1-18-15-10-7-13(8-11-15)9-12-16(17)14-5-3-2-4-6-14/h2-7,9-13H,8H2,1H3. The van der Waals surface area contributed by atoms with Gasteiger partial charge in [0.15, 0.2) is 5.78 Å². The SMILES string of the molecule is COC1=CCC(C=CC(=O)c2ccccc2)C=C1. The van der Waals surface area contributed by atoms with Gasteiger partial charge < -0.3 is 4.74 Å². The van der Waals surface area contributed by atoms with E-state index in [0.717, 1.165) is 17.7 Å². The minimum atomic E-state index is 0.0468. The third kappa shape index (κ3) is 3.20. The summed E-state index contributed by atoms with van der Waals surface area (Å²) in [6.07, 6.45) is 10.5. The number of hydrogen-bond donors (Lipinski definition) is 0. The summed E-state index contributed by atoms with van der Waals surface area (Å²) >= 11 is 0. The Balaban J connectivity index is 1.95. The number of carbonyl (C=O) groups excluding carboxylic acids is 1. The van der Waals surface area contributed by atoms with Gasteiger partial charge in [-0.05, 0) is 30.6 Å². The zero-order valence-electron chi connectivity index (χ0n) is 10.4. The summed E-state index contributed by atoms with van der Waals surface area (Å²) in [4.78, 5) is 11.9. The maximum absolute atomic E-state index is 11.9. The van der Waals surface area contributed by atoms with Crippen molar-refractivity contribution in [2.45, 2.75) is 6.42 Å². The van der Waals surface area contributed by atoms with Crippen LogP contribution in [0.25, 0.3) is 0 Å². The van der Waals surface area contributed by atoms with Crippen molar-refractivity contribution in [3.63, 3.8) is 0 Å². The molecule has 0 aliphatic heterocycles. The van der Waals surface area contributed by atoms with Crippen molar-refractivity contribution in [1.29, 1.82) is 0 Å². The van der Waals surface area contributed by atoms with Crippen LogP contribution < -0.4 is 0 Å². The van der Waals surface area contributed by atoms with Gasteiger partial charge >= 0.3 is 0 Å². The quantitative estimate of drug-likeness (QED) is 0.594. The van der Waals surface area contributed by atoms with E-state index in [4.69, 9.17) is 4.74 Å². The van der Waals surface area contributed by atoms with Crippen LogP contribution in [-0.2, 0) is 4.74 Å². The Morgan fingerprint density at radius 2 is 2.11 bits per heavy atom. The zero-order valence-corrected chi connectivity index (χ0v) is 10.4. The third-order valence-electron chi connectivity index (χ3n) is 2.89. The van der Waals surface area contributed by atoms with Crippen molar-refractivity contribution >= 4 is 5.78 Å². The fraction of sp³-hybridized carbons (Fsp3) is 0.188. The fourth-order valence-electron chi connectivity index (χ4n) is 1.82. The molecule has 92 valence electrons. The monoisotopic (exact) mass is 240 g/mol. The Bertz CT molecular complexity index is 495. The number of ether oxygens (including phenoxy) is 1. The molecule has 1 atom stereocenters. The second-order valence-corrected chi connectivity index (χ2v) is 4.16. The molecule has 2 nitrogen and oxygen atoms in total. The zero-order chi connectivity index (χ0) is 12.8. The van der Waals surface area contributed by atoms with Crippen molar-refractivity contribution in [2.24, 2.45) is 5.92 Å². The Kier molecular flexibility index (Phi) is 4.13. The van der Waals surface area contributed by atoms with Crippen molar-refractivity contribution in [1.82, 2.24) is 0 Å². The number of carbonyl (C=O) groups is 1. The summed E-state index contributed by atoms with van der Waals surface area (Å²) in [7, 11) is 1.66. The lowest BCUT2D eigenvalue weighted by molar-refractivity contribution is 0.104. The predicted octanol–water partition coefficient (Wildman–Crippen LogP) is 3.53. The maximum Gasteiger partial charge on any atom is 0.185 e. The van der Waals surface area contributed by atoms with Crippen LogP contribution in [0.3, 0.4) is 0 Å². The lowest BCUT2D eigenvalue weighted by Crippen LogP contribution is -1.99. The normalized spacial score (nSPS) is 18.7. The summed E-state index contributed by atoms with van der Waals surface area (Å²) in [6, 6.07) is 9.30. The Hall–Kier alpha value is -2.09. The van der Waals surface area contributed by atoms with E-state index < -0.39 is 0 Å². The molecule has 2 heteroatoms. The van der Waals surface area contributed by atoms with Crippen molar-refractivity contribution in [2.75, 3.05) is 7.11 Å². The summed E-state index contributed by atoms with van der Waals surface area (Å²) in [5, 5.41) is 0. The highest BCUT2D eigenvalue weighted by Crippen LogP contribution is 2.18. The van der Waals surface area contributed by atoms with E-state index in [1.165, 1.54) is 0 Å². The molecular weight excluding hydrogens is 224 g/mol. The molecule has 1 aromatic rings. The highest BCUT2D eigenvalue weighted by molar-refractivity contribution is 6.04. The Morgan fingerprint density at radius 3 is 2.72 bits per heavy atom. The number of allylic oxidation sites excluding steroid dienone is 5. The van der Waals surface area contributed by atoms with Crippen molar-refractivity contribution in [3.05, 3.63) is 72.0 Å². The molecule has 1 unspecified atom stereocenters. The lowest BCUT2D eigenvalue weighted by Gasteiger charge is -2.11. The van der Waals surface area contributed by atoms with Crippen LogP contribution in [0.2, 0.25) is 0 Å². The van der Waals surface area contributed by atoms with Gasteiger partial charge in [-0.15, -0.1) is 0 Å². The molecule has 1 aliphatic carbocycles. The second kappa shape index (κ2) is 6.01. The molecule has 0 fully saturated rings. The summed E-state index contributed by atoms with van der Waals surface area (Å²) in [5.74, 6) is 1.20. The Labute approximate surface area is 107 Å². The summed E-state index contributed by atoms with van der Waals surface area (Å²) in [6.45, 7) is 0. The van der Waals surface area contributed by atoms with Crippen LogP contribution in [0.4, 0.5) is 0 Å². The first-order chi connectivity index (χ1) is 8.79. The average Bonchev–Trinajstić information content (AvgIpc) is 2.46. The van der Waals surface area contributed by atoms with E-state index in [9.17, 15) is 4.79 Å². The molecule has 0 heterocycles. The summed E-state index contributed by atoms with van der Waals surface area (Å²) < 4.78 is 5.12. The minimum Gasteiger partial charge on any atom is -0.497 e. The first-order valence-corrected chi connectivity index (χ1v) is 5.99. The topological polar surface area (TPSA) is 26.3 Å². The van der Waals surface area contributed by atoms with Crippen LogP contribution in [0.15, 0.2) is 66.5 Å². The molecule has 0 radical (unpaired) electrons. The number of benzene rings is 1. The average molecular weight is 240 g/mol. The van der Waals surface area contributed by atoms with Gasteiger partial charge in [-0.3, -0.25) is 4.79 Å². The maximum atomic E-state index is 11.9. The van der Waals surface area contributed by atoms with E-state index in [1.807, 2.05) is 54.6 Å². The van der Waals surface area contributed by atoms with Crippen molar-refractivity contribution in [3.8, 4) is 0 Å². The molecule has 0 amide bonds. The highest BCUT2D eigenvalue weighted by Gasteiger charge is 2.06. The molecule has 0 bridgehead atoms. The van der Waals surface area contributed by atoms with Gasteiger partial charge in [-0.1, -0.05) is 42.5 Å². The van der Waals surface area contributed by atoms with E-state index >= 15 is 0 Å². The highest BCUT2D eigenvalue weighted by atomic mass is 16.5. The first-order valence-electron chi connectivity index (χ1n) is 5.99. The minimum absolute atomic E-state index is 0.0468. The molecule has 0 aromatic heterocycles. The van der Waals surface area contributed by atoms with Crippen LogP contribution in [0.1, 0.15) is 16.8 Å². The number of hydrogen-bond acceptors (Lipinski definition) is 2. The molecule has 0 saturated heterocycles. The number of methoxy groups -OCH3 is 1. The molecule has 18 heavy (non-hydrogen) atoms. The smallest absolute Gasteiger partial charge is 0.185 e. The molecule has 0 N–H and O–H groups in total. The van der Waals surface area contributed by atoms with Gasteiger partial charge in [0.05, 0.1) is 7.11 Å². The van der Waals surface area contributed by atoms with Gasteiger partial charge in [0.2, 0.25) is 0 Å². The van der Waals surface area contributed by atoms with E-state index in [1.54, 1.807) is 13.2 Å². The van der Waals surface area contributed by atoms with Gasteiger partial charge in [0.25, 0.3) is 0 Å². The van der Waals surface area contributed by atoms with Crippen LogP contribution in [0.5, 0.6) is 0 Å². The lowest BCUT2D eigenvalue weighted by atomic mass is 9.98. The molecule has 1 aromatic carbocycles. The molecule has 0 spiro atoms. The van der Waals surface area contributed by atoms with Crippen LogP contribution >= 0.6 is 0 Å². The van der Waals surface area contributed by atoms with Gasteiger partial charge in [0, 0.05) is 5.56 Å². The van der Waals surface area contributed by atoms with Gasteiger partial charge in [-0.25, -0.2) is 0 Å². The van der Waals surface area contributed by atoms with Gasteiger partial charge in [0.1, 0.15) is 5.76 Å². The molecular formula is C16H16O2. The number of ketones is 1.